The van der Waals surface area contributed by atoms with E-state index < -0.39 is 0 Å². The first-order valence-corrected chi connectivity index (χ1v) is 8.61. The molecule has 1 saturated heterocycles. The van der Waals surface area contributed by atoms with Crippen molar-refractivity contribution in [2.45, 2.75) is 12.8 Å². The third-order valence-corrected chi connectivity index (χ3v) is 4.75. The van der Waals surface area contributed by atoms with Crippen molar-refractivity contribution in [3.8, 4) is 0 Å². The number of carbonyl (C=O) groups excluding carboxylic acids is 1. The summed E-state index contributed by atoms with van der Waals surface area (Å²) in [4.78, 5) is 26.2. The molecular formula is C18H17N7O. The topological polar surface area (TPSA) is 103 Å². The molecule has 1 aliphatic heterocycles. The summed E-state index contributed by atoms with van der Waals surface area (Å²) in [6, 6.07) is 7.74. The highest BCUT2D eigenvalue weighted by Crippen LogP contribution is 2.26. The van der Waals surface area contributed by atoms with E-state index in [-0.39, 0.29) is 5.91 Å². The number of benzene rings is 1. The summed E-state index contributed by atoms with van der Waals surface area (Å²) in [5.41, 5.74) is 3.07. The SMILES string of the molecule is O=C(c1cc2c(Nc3ccc4[nH]ncc4c3)ncnc2[nH]1)N1CCCC1. The number of amides is 1. The summed E-state index contributed by atoms with van der Waals surface area (Å²) in [6.45, 7) is 1.63. The maximum Gasteiger partial charge on any atom is 0.270 e. The number of carbonyl (C=O) groups is 1. The van der Waals surface area contributed by atoms with Crippen molar-refractivity contribution in [1.82, 2.24) is 30.0 Å². The Morgan fingerprint density at radius 2 is 2.04 bits per heavy atom. The monoisotopic (exact) mass is 347 g/mol. The van der Waals surface area contributed by atoms with Crippen molar-refractivity contribution in [1.29, 1.82) is 0 Å². The summed E-state index contributed by atoms with van der Waals surface area (Å²) in [5.74, 6) is 0.681. The fourth-order valence-corrected chi connectivity index (χ4v) is 3.40. The summed E-state index contributed by atoms with van der Waals surface area (Å²) in [7, 11) is 0. The van der Waals surface area contributed by atoms with E-state index in [4.69, 9.17) is 0 Å². The molecule has 8 heteroatoms. The molecule has 0 saturated carbocycles. The molecule has 4 aromatic rings. The number of hydrogen-bond acceptors (Lipinski definition) is 5. The predicted molar refractivity (Wildman–Crippen MR) is 98.4 cm³/mol. The van der Waals surface area contributed by atoms with Crippen molar-refractivity contribution < 1.29 is 4.79 Å². The Morgan fingerprint density at radius 3 is 2.92 bits per heavy atom. The lowest BCUT2D eigenvalue weighted by atomic mass is 10.2. The maximum absolute atomic E-state index is 12.6. The quantitative estimate of drug-likeness (QED) is 0.529. The number of aromatic nitrogens is 5. The first-order chi connectivity index (χ1) is 12.8. The molecule has 26 heavy (non-hydrogen) atoms. The van der Waals surface area contributed by atoms with Crippen LogP contribution in [0.2, 0.25) is 0 Å². The van der Waals surface area contributed by atoms with Gasteiger partial charge < -0.3 is 15.2 Å². The molecule has 0 unspecified atom stereocenters. The number of anilines is 2. The fraction of sp³-hybridized carbons (Fsp3) is 0.222. The number of hydrogen-bond donors (Lipinski definition) is 3. The van der Waals surface area contributed by atoms with Crippen LogP contribution in [0, 0.1) is 0 Å². The zero-order valence-electron chi connectivity index (χ0n) is 14.0. The Labute approximate surface area is 148 Å². The molecule has 5 rings (SSSR count). The lowest BCUT2D eigenvalue weighted by Gasteiger charge is -2.13. The highest BCUT2D eigenvalue weighted by Gasteiger charge is 2.22. The third-order valence-electron chi connectivity index (χ3n) is 4.75. The van der Waals surface area contributed by atoms with Crippen molar-refractivity contribution in [2.75, 3.05) is 18.4 Å². The van der Waals surface area contributed by atoms with E-state index in [2.05, 4.69) is 30.5 Å². The molecule has 0 bridgehead atoms. The van der Waals surface area contributed by atoms with Crippen LogP contribution in [0.5, 0.6) is 0 Å². The zero-order valence-corrected chi connectivity index (χ0v) is 14.0. The molecule has 1 fully saturated rings. The van der Waals surface area contributed by atoms with Crippen LogP contribution in [0.1, 0.15) is 23.3 Å². The van der Waals surface area contributed by atoms with E-state index in [1.54, 1.807) is 6.20 Å². The van der Waals surface area contributed by atoms with E-state index in [0.29, 0.717) is 17.2 Å². The fourth-order valence-electron chi connectivity index (χ4n) is 3.40. The van der Waals surface area contributed by atoms with Gasteiger partial charge >= 0.3 is 0 Å². The second-order valence-electron chi connectivity index (χ2n) is 6.46. The van der Waals surface area contributed by atoms with Gasteiger partial charge in [0.2, 0.25) is 0 Å². The molecule has 1 aliphatic rings. The minimum atomic E-state index is 0.0197. The van der Waals surface area contributed by atoms with Gasteiger partial charge in [-0.2, -0.15) is 5.10 Å². The molecule has 0 spiro atoms. The molecule has 1 amide bonds. The average Bonchev–Trinajstić information content (AvgIpc) is 3.40. The van der Waals surface area contributed by atoms with E-state index in [1.807, 2.05) is 29.2 Å². The molecule has 3 N–H and O–H groups in total. The Morgan fingerprint density at radius 1 is 1.15 bits per heavy atom. The van der Waals surface area contributed by atoms with E-state index in [0.717, 1.165) is 47.9 Å². The van der Waals surface area contributed by atoms with Crippen LogP contribution >= 0.6 is 0 Å². The lowest BCUT2D eigenvalue weighted by molar-refractivity contribution is 0.0788. The van der Waals surface area contributed by atoms with Gasteiger partial charge in [-0.1, -0.05) is 0 Å². The van der Waals surface area contributed by atoms with Crippen molar-refractivity contribution in [2.24, 2.45) is 0 Å². The van der Waals surface area contributed by atoms with Crippen LogP contribution < -0.4 is 5.32 Å². The summed E-state index contributed by atoms with van der Waals surface area (Å²) >= 11 is 0. The Kier molecular flexibility index (Phi) is 3.34. The normalized spacial score (nSPS) is 14.4. The molecule has 130 valence electrons. The maximum atomic E-state index is 12.6. The van der Waals surface area contributed by atoms with Crippen molar-refractivity contribution in [3.63, 3.8) is 0 Å². The van der Waals surface area contributed by atoms with E-state index >= 15 is 0 Å². The second kappa shape index (κ2) is 5.83. The standard InChI is InChI=1S/C18H17N7O/c26-18(25-5-1-2-6-25)15-8-13-16(19-10-20-17(13)23-15)22-12-3-4-14-11(7-12)9-21-24-14/h3-4,7-10H,1-2,5-6H2,(H,21,24)(H2,19,20,22,23). The van der Waals surface area contributed by atoms with Crippen molar-refractivity contribution >= 4 is 39.3 Å². The Bertz CT molecular complexity index is 1110. The average molecular weight is 347 g/mol. The number of fused-ring (bicyclic) bond motifs is 2. The molecule has 0 radical (unpaired) electrons. The van der Waals surface area contributed by atoms with Crippen LogP contribution in [-0.4, -0.2) is 49.0 Å². The summed E-state index contributed by atoms with van der Waals surface area (Å²) in [5, 5.41) is 12.1. The second-order valence-corrected chi connectivity index (χ2v) is 6.46. The molecule has 0 aliphatic carbocycles. The van der Waals surface area contributed by atoms with Gasteiger partial charge in [-0.15, -0.1) is 0 Å². The van der Waals surface area contributed by atoms with Crippen molar-refractivity contribution in [3.05, 3.63) is 42.5 Å². The minimum absolute atomic E-state index is 0.0197. The number of nitrogens with zero attached hydrogens (tertiary/aromatic N) is 4. The van der Waals surface area contributed by atoms with Crippen LogP contribution in [0.15, 0.2) is 36.8 Å². The number of H-pyrrole nitrogens is 2. The summed E-state index contributed by atoms with van der Waals surface area (Å²) in [6.07, 6.45) is 5.39. The lowest BCUT2D eigenvalue weighted by Crippen LogP contribution is -2.27. The van der Waals surface area contributed by atoms with Crippen LogP contribution in [0.25, 0.3) is 21.9 Å². The highest BCUT2D eigenvalue weighted by atomic mass is 16.2. The molecule has 8 nitrogen and oxygen atoms in total. The van der Waals surface area contributed by atoms with E-state index in [9.17, 15) is 4.79 Å². The molecule has 4 heterocycles. The van der Waals surface area contributed by atoms with Gasteiger partial charge in [-0.3, -0.25) is 9.89 Å². The van der Waals surface area contributed by atoms with Gasteiger partial charge in [0, 0.05) is 24.2 Å². The number of likely N-dealkylation sites (tertiary alicyclic amines) is 1. The van der Waals surface area contributed by atoms with Crippen LogP contribution in [-0.2, 0) is 0 Å². The van der Waals surface area contributed by atoms with Crippen LogP contribution in [0.3, 0.4) is 0 Å². The largest absolute Gasteiger partial charge is 0.340 e. The predicted octanol–water partition coefficient (Wildman–Crippen LogP) is 2.81. The third kappa shape index (κ3) is 2.46. The minimum Gasteiger partial charge on any atom is -0.340 e. The zero-order chi connectivity index (χ0) is 17.5. The van der Waals surface area contributed by atoms with Gasteiger partial charge in [-0.05, 0) is 37.1 Å². The van der Waals surface area contributed by atoms with Crippen LogP contribution in [0.4, 0.5) is 11.5 Å². The highest BCUT2D eigenvalue weighted by molar-refractivity contribution is 6.00. The van der Waals surface area contributed by atoms with Gasteiger partial charge in [0.05, 0.1) is 17.1 Å². The van der Waals surface area contributed by atoms with Gasteiger partial charge in [-0.25, -0.2) is 9.97 Å². The number of aromatic amines is 2. The molecule has 1 aromatic carbocycles. The molecule has 0 atom stereocenters. The van der Waals surface area contributed by atoms with Gasteiger partial charge in [0.25, 0.3) is 5.91 Å². The first kappa shape index (κ1) is 14.9. The Hall–Kier alpha value is -3.42. The summed E-state index contributed by atoms with van der Waals surface area (Å²) < 4.78 is 0. The molecule has 3 aromatic heterocycles. The number of rotatable bonds is 3. The molecular weight excluding hydrogens is 330 g/mol. The smallest absolute Gasteiger partial charge is 0.270 e. The first-order valence-electron chi connectivity index (χ1n) is 8.61. The number of nitrogens with one attached hydrogen (secondary N) is 3. The van der Waals surface area contributed by atoms with E-state index in [1.165, 1.54) is 6.33 Å². The van der Waals surface area contributed by atoms with Gasteiger partial charge in [0.15, 0.2) is 0 Å². The Balaban J connectivity index is 1.50. The van der Waals surface area contributed by atoms with Gasteiger partial charge in [0.1, 0.15) is 23.5 Å².